The molecule has 6 nitrogen and oxygen atoms in total. The van der Waals surface area contributed by atoms with E-state index in [9.17, 15) is 18.0 Å². The van der Waals surface area contributed by atoms with Crippen LogP contribution in [0.25, 0.3) is 16.8 Å². The number of nitrogens with one attached hydrogen (secondary N) is 1. The number of halogens is 3. The molecule has 0 aliphatic carbocycles. The Bertz CT molecular complexity index is 1380. The zero-order valence-electron chi connectivity index (χ0n) is 19.8. The van der Waals surface area contributed by atoms with Gasteiger partial charge in [-0.1, -0.05) is 42.0 Å². The van der Waals surface area contributed by atoms with Gasteiger partial charge in [0.25, 0.3) is 5.91 Å². The third-order valence-corrected chi connectivity index (χ3v) is 5.39. The van der Waals surface area contributed by atoms with Crippen LogP contribution in [0.1, 0.15) is 46.7 Å². The van der Waals surface area contributed by atoms with Crippen LogP contribution in [-0.2, 0) is 12.7 Å². The molecule has 182 valence electrons. The lowest BCUT2D eigenvalue weighted by molar-refractivity contribution is -0.143. The van der Waals surface area contributed by atoms with Crippen molar-refractivity contribution in [2.45, 2.75) is 46.5 Å². The maximum absolute atomic E-state index is 14.2. The van der Waals surface area contributed by atoms with E-state index >= 15 is 0 Å². The third kappa shape index (κ3) is 5.13. The van der Waals surface area contributed by atoms with Crippen molar-refractivity contribution >= 4 is 11.6 Å². The lowest BCUT2D eigenvalue weighted by Crippen LogP contribution is -2.28. The monoisotopic (exact) mass is 482 g/mol. The van der Waals surface area contributed by atoms with Gasteiger partial charge in [-0.3, -0.25) is 4.79 Å². The zero-order valence-corrected chi connectivity index (χ0v) is 19.8. The second kappa shape index (κ2) is 9.40. The highest BCUT2D eigenvalue weighted by Crippen LogP contribution is 2.35. The quantitative estimate of drug-likeness (QED) is 0.380. The number of nitrogens with zero attached hydrogens (tertiary/aromatic N) is 3. The summed E-state index contributed by atoms with van der Waals surface area (Å²) < 4.78 is 48.8. The Balaban J connectivity index is 1.68. The van der Waals surface area contributed by atoms with E-state index in [1.807, 2.05) is 39.0 Å². The fourth-order valence-electron chi connectivity index (χ4n) is 3.90. The fraction of sp³-hybridized carbons (Fsp3) is 0.269. The molecule has 35 heavy (non-hydrogen) atoms. The molecule has 0 radical (unpaired) electrons. The van der Waals surface area contributed by atoms with Gasteiger partial charge in [0.05, 0.1) is 17.4 Å². The van der Waals surface area contributed by atoms with Crippen molar-refractivity contribution < 1.29 is 22.7 Å². The standard InChI is InChI=1S/C26H25F3N4O2/c1-15(2)35-20-10-8-18(9-11-20)13-31-25(34)21-14-30-24-22(19-7-5-6-16(3)12-19)17(4)32-33(24)23(21)26(27,28)29/h5-12,14-15H,13H2,1-4H3,(H,31,34). The van der Waals surface area contributed by atoms with Gasteiger partial charge in [0.15, 0.2) is 11.3 Å². The summed E-state index contributed by atoms with van der Waals surface area (Å²) in [5.74, 6) is -0.220. The predicted molar refractivity (Wildman–Crippen MR) is 126 cm³/mol. The maximum Gasteiger partial charge on any atom is 0.434 e. The van der Waals surface area contributed by atoms with Crippen LogP contribution in [-0.4, -0.2) is 26.6 Å². The Morgan fingerprint density at radius 1 is 1.11 bits per heavy atom. The molecule has 2 aromatic heterocycles. The Hall–Kier alpha value is -3.88. The molecule has 0 saturated heterocycles. The molecule has 0 aliphatic heterocycles. The number of benzene rings is 2. The second-order valence-electron chi connectivity index (χ2n) is 8.58. The molecule has 0 atom stereocenters. The maximum atomic E-state index is 14.2. The Kier molecular flexibility index (Phi) is 6.51. The Morgan fingerprint density at radius 2 is 1.83 bits per heavy atom. The van der Waals surface area contributed by atoms with Crippen LogP contribution in [0.5, 0.6) is 5.75 Å². The molecule has 0 saturated carbocycles. The van der Waals surface area contributed by atoms with Crippen molar-refractivity contribution in [3.05, 3.63) is 82.8 Å². The van der Waals surface area contributed by atoms with Gasteiger partial charge in [-0.25, -0.2) is 9.50 Å². The van der Waals surface area contributed by atoms with Gasteiger partial charge in [-0.15, -0.1) is 0 Å². The SMILES string of the molecule is Cc1cccc(-c2c(C)nn3c(C(F)(F)F)c(C(=O)NCc4ccc(OC(C)C)cc4)cnc23)c1. The van der Waals surface area contributed by atoms with Gasteiger partial charge in [0.1, 0.15) is 5.75 Å². The summed E-state index contributed by atoms with van der Waals surface area (Å²) in [6, 6.07) is 14.4. The van der Waals surface area contributed by atoms with Gasteiger partial charge in [-0.2, -0.15) is 18.3 Å². The lowest BCUT2D eigenvalue weighted by atomic mass is 10.0. The first-order valence-electron chi connectivity index (χ1n) is 11.1. The number of aromatic nitrogens is 3. The highest BCUT2D eigenvalue weighted by Gasteiger charge is 2.40. The first kappa shape index (κ1) is 24.3. The number of fused-ring (bicyclic) bond motifs is 1. The number of alkyl halides is 3. The van der Waals surface area contributed by atoms with E-state index in [-0.39, 0.29) is 18.3 Å². The van der Waals surface area contributed by atoms with E-state index in [1.54, 1.807) is 37.3 Å². The van der Waals surface area contributed by atoms with Crippen molar-refractivity contribution in [1.82, 2.24) is 19.9 Å². The summed E-state index contributed by atoms with van der Waals surface area (Å²) in [5, 5.41) is 6.67. The number of hydrogen-bond donors (Lipinski definition) is 1. The molecule has 1 N–H and O–H groups in total. The molecule has 4 aromatic rings. The largest absolute Gasteiger partial charge is 0.491 e. The highest BCUT2D eigenvalue weighted by atomic mass is 19.4. The summed E-state index contributed by atoms with van der Waals surface area (Å²) >= 11 is 0. The van der Waals surface area contributed by atoms with E-state index < -0.39 is 23.3 Å². The van der Waals surface area contributed by atoms with Crippen molar-refractivity contribution in [2.75, 3.05) is 0 Å². The number of carbonyl (C=O) groups is 1. The van der Waals surface area contributed by atoms with E-state index in [4.69, 9.17) is 4.74 Å². The van der Waals surface area contributed by atoms with Crippen LogP contribution >= 0.6 is 0 Å². The Labute approximate surface area is 200 Å². The van der Waals surface area contributed by atoms with Gasteiger partial charge in [-0.05, 0) is 51.0 Å². The number of ether oxygens (including phenoxy) is 1. The minimum atomic E-state index is -4.83. The third-order valence-electron chi connectivity index (χ3n) is 5.39. The van der Waals surface area contributed by atoms with E-state index in [1.165, 1.54) is 0 Å². The zero-order chi connectivity index (χ0) is 25.3. The molecule has 0 aliphatic rings. The van der Waals surface area contributed by atoms with Crippen LogP contribution in [0.15, 0.2) is 54.7 Å². The smallest absolute Gasteiger partial charge is 0.434 e. The number of rotatable bonds is 6. The molecule has 1 amide bonds. The van der Waals surface area contributed by atoms with Gasteiger partial charge < -0.3 is 10.1 Å². The molecule has 0 bridgehead atoms. The van der Waals surface area contributed by atoms with Crippen LogP contribution in [0, 0.1) is 13.8 Å². The normalized spacial score (nSPS) is 11.8. The summed E-state index contributed by atoms with van der Waals surface area (Å²) in [6.07, 6.45) is -3.85. The molecular weight excluding hydrogens is 457 g/mol. The van der Waals surface area contributed by atoms with Crippen LogP contribution in [0.3, 0.4) is 0 Å². The number of carbonyl (C=O) groups excluding carboxylic acids is 1. The van der Waals surface area contributed by atoms with Gasteiger partial charge >= 0.3 is 6.18 Å². The van der Waals surface area contributed by atoms with Gasteiger partial charge in [0, 0.05) is 18.3 Å². The summed E-state index contributed by atoms with van der Waals surface area (Å²) in [4.78, 5) is 17.1. The minimum Gasteiger partial charge on any atom is -0.491 e. The summed E-state index contributed by atoms with van der Waals surface area (Å²) in [6.45, 7) is 7.37. The average Bonchev–Trinajstić information content (AvgIpc) is 3.12. The second-order valence-corrected chi connectivity index (χ2v) is 8.58. The Morgan fingerprint density at radius 3 is 2.46 bits per heavy atom. The molecule has 0 unspecified atom stereocenters. The van der Waals surface area contributed by atoms with E-state index in [0.29, 0.717) is 28.1 Å². The minimum absolute atomic E-state index is 0.0149. The van der Waals surface area contributed by atoms with E-state index in [0.717, 1.165) is 16.3 Å². The van der Waals surface area contributed by atoms with Crippen molar-refractivity contribution in [1.29, 1.82) is 0 Å². The lowest BCUT2D eigenvalue weighted by Gasteiger charge is -2.14. The predicted octanol–water partition coefficient (Wildman–Crippen LogP) is 5.75. The molecule has 9 heteroatoms. The van der Waals surface area contributed by atoms with Crippen molar-refractivity contribution in [3.8, 4) is 16.9 Å². The average molecular weight is 483 g/mol. The molecule has 0 fully saturated rings. The number of aryl methyl sites for hydroxylation is 2. The van der Waals surface area contributed by atoms with Crippen LogP contribution in [0.2, 0.25) is 0 Å². The molecule has 2 heterocycles. The molecular formula is C26H25F3N4O2. The van der Waals surface area contributed by atoms with E-state index in [2.05, 4.69) is 15.4 Å². The summed E-state index contributed by atoms with van der Waals surface area (Å²) in [5.41, 5.74) is 1.54. The number of amides is 1. The topological polar surface area (TPSA) is 68.5 Å². The molecule has 0 spiro atoms. The van der Waals surface area contributed by atoms with Gasteiger partial charge in [0.2, 0.25) is 0 Å². The molecule has 2 aromatic carbocycles. The summed E-state index contributed by atoms with van der Waals surface area (Å²) in [7, 11) is 0. The van der Waals surface area contributed by atoms with Crippen molar-refractivity contribution in [3.63, 3.8) is 0 Å². The number of hydrogen-bond acceptors (Lipinski definition) is 4. The highest BCUT2D eigenvalue weighted by molar-refractivity contribution is 5.96. The molecule has 4 rings (SSSR count). The van der Waals surface area contributed by atoms with Crippen LogP contribution in [0.4, 0.5) is 13.2 Å². The fourth-order valence-corrected chi connectivity index (χ4v) is 3.90. The van der Waals surface area contributed by atoms with Crippen molar-refractivity contribution in [2.24, 2.45) is 0 Å². The first-order chi connectivity index (χ1) is 16.5. The first-order valence-corrected chi connectivity index (χ1v) is 11.1. The van der Waals surface area contributed by atoms with Crippen LogP contribution < -0.4 is 10.1 Å².